The van der Waals surface area contributed by atoms with Gasteiger partial charge in [0.25, 0.3) is 0 Å². The van der Waals surface area contributed by atoms with Gasteiger partial charge < -0.3 is 10.4 Å². The summed E-state index contributed by atoms with van der Waals surface area (Å²) >= 11 is 0. The van der Waals surface area contributed by atoms with Crippen LogP contribution in [0.3, 0.4) is 0 Å². The Hall–Kier alpha value is -2.10. The molecule has 0 fully saturated rings. The molecule has 0 saturated carbocycles. The van der Waals surface area contributed by atoms with Crippen LogP contribution < -0.4 is 5.32 Å². The molecule has 0 aromatic rings. The quantitative estimate of drug-likeness (QED) is 0.288. The number of hydrogen-bond acceptors (Lipinski definition) is 2. The number of carbonyl (C=O) groups is 2. The molecule has 0 unspecified atom stereocenters. The average molecular weight is 362 g/mol. The van der Waals surface area contributed by atoms with E-state index in [0.717, 1.165) is 32.1 Å². The molecule has 146 valence electrons. The molecule has 0 bridgehead atoms. The average Bonchev–Trinajstić information content (AvgIpc) is 2.62. The first-order chi connectivity index (χ1) is 12.7. The third-order valence-electron chi connectivity index (χ3n) is 3.67. The van der Waals surface area contributed by atoms with E-state index in [9.17, 15) is 9.59 Å². The number of aliphatic carboxylic acids is 1. The predicted octanol–water partition coefficient (Wildman–Crippen LogP) is 5.33. The zero-order valence-corrected chi connectivity index (χ0v) is 16.2. The first kappa shape index (κ1) is 23.9. The summed E-state index contributed by atoms with van der Waals surface area (Å²) in [6.45, 7) is 1.92. The topological polar surface area (TPSA) is 66.4 Å². The highest BCUT2D eigenvalue weighted by Gasteiger charge is 2.02. The SMILES string of the molecule is CCCCC/C=C/C/C=C/C/C=C/C/C=C\CCCC(=O)NCC(=O)O. The molecule has 0 atom stereocenters. The number of unbranched alkanes of at least 4 members (excludes halogenated alkanes) is 4. The standard InChI is InChI=1S/C22H35NO3/c1-2-3-4-5-6-7-8-9-10-11-12-13-14-15-16-17-18-19-21(24)23-20-22(25)26/h6-7,9-10,12-13,15-16H,2-5,8,11,14,17-20H2,1H3,(H,23,24)(H,25,26)/b7-6+,10-9+,13-12+,16-15-. The maximum Gasteiger partial charge on any atom is 0.322 e. The van der Waals surface area contributed by atoms with Gasteiger partial charge in [0.1, 0.15) is 6.54 Å². The second kappa shape index (κ2) is 19.2. The van der Waals surface area contributed by atoms with Crippen LogP contribution >= 0.6 is 0 Å². The molecule has 0 aromatic carbocycles. The molecule has 4 heteroatoms. The third kappa shape index (κ3) is 19.9. The summed E-state index contributed by atoms with van der Waals surface area (Å²) in [4.78, 5) is 21.6. The van der Waals surface area contributed by atoms with Crippen molar-refractivity contribution in [3.8, 4) is 0 Å². The summed E-state index contributed by atoms with van der Waals surface area (Å²) in [5, 5.41) is 10.8. The van der Waals surface area contributed by atoms with E-state index in [2.05, 4.69) is 60.8 Å². The van der Waals surface area contributed by atoms with Gasteiger partial charge in [-0.1, -0.05) is 68.4 Å². The van der Waals surface area contributed by atoms with E-state index in [-0.39, 0.29) is 12.5 Å². The molecule has 26 heavy (non-hydrogen) atoms. The van der Waals surface area contributed by atoms with Crippen LogP contribution in [0.2, 0.25) is 0 Å². The summed E-state index contributed by atoms with van der Waals surface area (Å²) in [5.74, 6) is -1.22. The van der Waals surface area contributed by atoms with Gasteiger partial charge in [-0.15, -0.1) is 0 Å². The van der Waals surface area contributed by atoms with Crippen molar-refractivity contribution < 1.29 is 14.7 Å². The lowest BCUT2D eigenvalue weighted by Crippen LogP contribution is -2.28. The molecule has 0 heterocycles. The zero-order valence-electron chi connectivity index (χ0n) is 16.2. The van der Waals surface area contributed by atoms with Crippen LogP contribution in [-0.2, 0) is 9.59 Å². The lowest BCUT2D eigenvalue weighted by Gasteiger charge is -2.00. The van der Waals surface area contributed by atoms with E-state index in [4.69, 9.17) is 5.11 Å². The Morgan fingerprint density at radius 1 is 0.769 bits per heavy atom. The lowest BCUT2D eigenvalue weighted by atomic mass is 10.2. The molecule has 0 aliphatic carbocycles. The van der Waals surface area contributed by atoms with Gasteiger partial charge in [-0.05, 0) is 44.9 Å². The van der Waals surface area contributed by atoms with E-state index in [1.54, 1.807) is 0 Å². The van der Waals surface area contributed by atoms with Gasteiger partial charge in [0.15, 0.2) is 0 Å². The molecule has 0 saturated heterocycles. The molecule has 1 amide bonds. The number of carbonyl (C=O) groups excluding carboxylic acids is 1. The van der Waals surface area contributed by atoms with E-state index >= 15 is 0 Å². The van der Waals surface area contributed by atoms with Crippen LogP contribution in [0.4, 0.5) is 0 Å². The van der Waals surface area contributed by atoms with Gasteiger partial charge in [0.05, 0.1) is 0 Å². The summed E-state index contributed by atoms with van der Waals surface area (Å²) < 4.78 is 0. The number of amides is 1. The van der Waals surface area contributed by atoms with Crippen LogP contribution in [0.15, 0.2) is 48.6 Å². The van der Waals surface area contributed by atoms with E-state index in [1.165, 1.54) is 25.7 Å². The van der Waals surface area contributed by atoms with Gasteiger partial charge in [-0.3, -0.25) is 9.59 Å². The summed E-state index contributed by atoms with van der Waals surface area (Å²) in [6.07, 6.45) is 27.3. The summed E-state index contributed by atoms with van der Waals surface area (Å²) in [5.41, 5.74) is 0. The van der Waals surface area contributed by atoms with Gasteiger partial charge >= 0.3 is 5.97 Å². The van der Waals surface area contributed by atoms with Crippen molar-refractivity contribution in [3.63, 3.8) is 0 Å². The highest BCUT2D eigenvalue weighted by atomic mass is 16.4. The Kier molecular flexibility index (Phi) is 17.7. The van der Waals surface area contributed by atoms with Gasteiger partial charge in [0, 0.05) is 6.42 Å². The molecule has 0 radical (unpaired) electrons. The smallest absolute Gasteiger partial charge is 0.322 e. The molecule has 0 spiro atoms. The Bertz CT molecular complexity index is 476. The van der Waals surface area contributed by atoms with Crippen LogP contribution in [0.1, 0.15) is 71.1 Å². The van der Waals surface area contributed by atoms with Crippen LogP contribution in [-0.4, -0.2) is 23.5 Å². The molecule has 0 aromatic heterocycles. The van der Waals surface area contributed by atoms with Crippen molar-refractivity contribution in [3.05, 3.63) is 48.6 Å². The minimum absolute atomic E-state index is 0.205. The molecular formula is C22H35NO3. The Labute approximate surface area is 158 Å². The largest absolute Gasteiger partial charge is 0.480 e. The molecule has 0 aliphatic rings. The van der Waals surface area contributed by atoms with Crippen molar-refractivity contribution in [2.75, 3.05) is 6.54 Å². The number of hydrogen-bond donors (Lipinski definition) is 2. The Morgan fingerprint density at radius 2 is 1.27 bits per heavy atom. The number of allylic oxidation sites excluding steroid dienone is 8. The Morgan fingerprint density at radius 3 is 1.77 bits per heavy atom. The fraction of sp³-hybridized carbons (Fsp3) is 0.545. The third-order valence-corrected chi connectivity index (χ3v) is 3.67. The van der Waals surface area contributed by atoms with Gasteiger partial charge in [-0.25, -0.2) is 0 Å². The van der Waals surface area contributed by atoms with Crippen LogP contribution in [0.25, 0.3) is 0 Å². The Balaban J connectivity index is 3.48. The predicted molar refractivity (Wildman–Crippen MR) is 109 cm³/mol. The number of nitrogens with one attached hydrogen (secondary N) is 1. The summed E-state index contributed by atoms with van der Waals surface area (Å²) in [7, 11) is 0. The van der Waals surface area contributed by atoms with Crippen LogP contribution in [0.5, 0.6) is 0 Å². The number of carboxylic acid groups (broad SMARTS) is 1. The second-order valence-electron chi connectivity index (χ2n) is 6.15. The lowest BCUT2D eigenvalue weighted by molar-refractivity contribution is -0.137. The minimum Gasteiger partial charge on any atom is -0.480 e. The number of carboxylic acids is 1. The first-order valence-electron chi connectivity index (χ1n) is 9.75. The van der Waals surface area contributed by atoms with E-state index in [1.807, 2.05) is 0 Å². The van der Waals surface area contributed by atoms with Crippen molar-refractivity contribution in [2.24, 2.45) is 0 Å². The molecular weight excluding hydrogens is 326 g/mol. The molecule has 0 rings (SSSR count). The van der Waals surface area contributed by atoms with Crippen molar-refractivity contribution in [1.29, 1.82) is 0 Å². The first-order valence-corrected chi connectivity index (χ1v) is 9.75. The number of rotatable bonds is 16. The van der Waals surface area contributed by atoms with Crippen molar-refractivity contribution in [2.45, 2.75) is 71.1 Å². The molecule has 4 nitrogen and oxygen atoms in total. The fourth-order valence-corrected chi connectivity index (χ4v) is 2.20. The normalized spacial score (nSPS) is 12.0. The van der Waals surface area contributed by atoms with Crippen molar-refractivity contribution in [1.82, 2.24) is 5.32 Å². The maximum atomic E-state index is 11.3. The van der Waals surface area contributed by atoms with Crippen molar-refractivity contribution >= 4 is 11.9 Å². The second-order valence-corrected chi connectivity index (χ2v) is 6.15. The monoisotopic (exact) mass is 361 g/mol. The highest BCUT2D eigenvalue weighted by molar-refractivity contribution is 5.80. The fourth-order valence-electron chi connectivity index (χ4n) is 2.20. The maximum absolute atomic E-state index is 11.3. The zero-order chi connectivity index (χ0) is 19.3. The molecule has 0 aliphatic heterocycles. The molecule has 2 N–H and O–H groups in total. The van der Waals surface area contributed by atoms with Gasteiger partial charge in [-0.2, -0.15) is 0 Å². The van der Waals surface area contributed by atoms with E-state index < -0.39 is 5.97 Å². The highest BCUT2D eigenvalue weighted by Crippen LogP contribution is 2.01. The van der Waals surface area contributed by atoms with E-state index in [0.29, 0.717) is 6.42 Å². The summed E-state index contributed by atoms with van der Waals surface area (Å²) in [6, 6.07) is 0. The van der Waals surface area contributed by atoms with Gasteiger partial charge in [0.2, 0.25) is 5.91 Å². The van der Waals surface area contributed by atoms with Crippen LogP contribution in [0, 0.1) is 0 Å². The minimum atomic E-state index is -1.02.